The molecule has 2 saturated heterocycles. The molecule has 2 fully saturated rings. The molecule has 0 amide bonds. The van der Waals surface area contributed by atoms with Gasteiger partial charge in [0.1, 0.15) is 12.4 Å². The van der Waals surface area contributed by atoms with Crippen LogP contribution < -0.4 is 15.0 Å². The molecule has 3 atom stereocenters. The van der Waals surface area contributed by atoms with Crippen LogP contribution in [0.5, 0.6) is 5.75 Å². The normalized spacial score (nSPS) is 32.1. The number of nitrogens with one attached hydrogen (secondary N) is 1. The predicted octanol–water partition coefficient (Wildman–Crippen LogP) is 2.26. The van der Waals surface area contributed by atoms with E-state index in [1.165, 1.54) is 24.1 Å². The summed E-state index contributed by atoms with van der Waals surface area (Å²) in [5.74, 6) is 1.88. The highest BCUT2D eigenvalue weighted by Crippen LogP contribution is 2.38. The molecule has 0 aliphatic carbocycles. The molecule has 0 spiro atoms. The van der Waals surface area contributed by atoms with E-state index in [1.807, 2.05) is 0 Å². The van der Waals surface area contributed by atoms with Gasteiger partial charge in [0.2, 0.25) is 0 Å². The number of hydrogen-bond acceptors (Lipinski definition) is 4. The maximum absolute atomic E-state index is 6.10. The minimum Gasteiger partial charge on any atom is -0.489 e. The van der Waals surface area contributed by atoms with Gasteiger partial charge >= 0.3 is 0 Å². The molecule has 0 bridgehead atoms. The highest BCUT2D eigenvalue weighted by molar-refractivity contribution is 5.62. The van der Waals surface area contributed by atoms with Crippen molar-refractivity contribution in [1.82, 2.24) is 10.2 Å². The second kappa shape index (κ2) is 5.74. The molecule has 0 aromatic heterocycles. The molecular weight excluding hydrogens is 274 g/mol. The molecule has 1 N–H and O–H groups in total. The Labute approximate surface area is 133 Å². The number of fused-ring (bicyclic) bond motifs is 3. The van der Waals surface area contributed by atoms with Gasteiger partial charge in [-0.25, -0.2) is 0 Å². The van der Waals surface area contributed by atoms with Gasteiger partial charge in [-0.05, 0) is 50.0 Å². The summed E-state index contributed by atoms with van der Waals surface area (Å²) in [6, 6.07) is 7.86. The SMILES string of the molecule is CC1CCC(c2ccc3c(c2)OC[C@H]2CN(C)CCN32)NC1. The van der Waals surface area contributed by atoms with Crippen molar-refractivity contribution < 1.29 is 4.74 Å². The van der Waals surface area contributed by atoms with Gasteiger partial charge in [0.05, 0.1) is 11.7 Å². The zero-order valence-electron chi connectivity index (χ0n) is 13.7. The summed E-state index contributed by atoms with van der Waals surface area (Å²) in [4.78, 5) is 4.94. The van der Waals surface area contributed by atoms with Gasteiger partial charge in [-0.2, -0.15) is 0 Å². The minimum atomic E-state index is 0.496. The second-order valence-corrected chi connectivity index (χ2v) is 7.29. The number of benzene rings is 1. The maximum atomic E-state index is 6.10. The number of hydrogen-bond donors (Lipinski definition) is 1. The average molecular weight is 301 g/mol. The lowest BCUT2D eigenvalue weighted by molar-refractivity contribution is 0.188. The third-order valence-corrected chi connectivity index (χ3v) is 5.47. The van der Waals surface area contributed by atoms with Gasteiger partial charge in [0, 0.05) is 25.7 Å². The molecule has 1 aromatic carbocycles. The van der Waals surface area contributed by atoms with Crippen molar-refractivity contribution in [3.05, 3.63) is 23.8 Å². The predicted molar refractivity (Wildman–Crippen MR) is 89.7 cm³/mol. The highest BCUT2D eigenvalue weighted by Gasteiger charge is 2.32. The van der Waals surface area contributed by atoms with Crippen molar-refractivity contribution in [3.8, 4) is 5.75 Å². The second-order valence-electron chi connectivity index (χ2n) is 7.29. The minimum absolute atomic E-state index is 0.496. The first-order valence-electron chi connectivity index (χ1n) is 8.66. The van der Waals surface area contributed by atoms with Crippen LogP contribution in [0.3, 0.4) is 0 Å². The molecule has 0 saturated carbocycles. The van der Waals surface area contributed by atoms with Crippen LogP contribution in [-0.2, 0) is 0 Å². The standard InChI is InChI=1S/C18H27N3O/c1-13-3-5-16(19-10-13)14-4-6-17-18(9-14)22-12-15-11-20(2)7-8-21(15)17/h4,6,9,13,15-16,19H,3,5,7-8,10-12H2,1-2H3/t13?,15-,16?/m1/s1. The van der Waals surface area contributed by atoms with Gasteiger partial charge in [0.25, 0.3) is 0 Å². The summed E-state index contributed by atoms with van der Waals surface area (Å²) in [6.45, 7) is 7.62. The van der Waals surface area contributed by atoms with Crippen molar-refractivity contribution >= 4 is 5.69 Å². The summed E-state index contributed by atoms with van der Waals surface area (Å²) in [7, 11) is 2.20. The number of piperazine rings is 1. The fourth-order valence-electron chi connectivity index (χ4n) is 4.04. The first-order valence-corrected chi connectivity index (χ1v) is 8.66. The maximum Gasteiger partial charge on any atom is 0.143 e. The van der Waals surface area contributed by atoms with Crippen LogP contribution in [0, 0.1) is 5.92 Å². The van der Waals surface area contributed by atoms with Crippen molar-refractivity contribution in [2.24, 2.45) is 5.92 Å². The number of rotatable bonds is 1. The number of piperidine rings is 1. The van der Waals surface area contributed by atoms with E-state index in [9.17, 15) is 0 Å². The van der Waals surface area contributed by atoms with E-state index in [-0.39, 0.29) is 0 Å². The third kappa shape index (κ3) is 2.59. The molecule has 22 heavy (non-hydrogen) atoms. The van der Waals surface area contributed by atoms with Crippen molar-refractivity contribution in [3.63, 3.8) is 0 Å². The fourth-order valence-corrected chi connectivity index (χ4v) is 4.04. The first kappa shape index (κ1) is 14.3. The number of nitrogens with zero attached hydrogens (tertiary/aromatic N) is 2. The van der Waals surface area contributed by atoms with Crippen LogP contribution in [0.15, 0.2) is 18.2 Å². The zero-order chi connectivity index (χ0) is 15.1. The average Bonchev–Trinajstić information content (AvgIpc) is 2.54. The molecular formula is C18H27N3O. The molecule has 4 heteroatoms. The van der Waals surface area contributed by atoms with Crippen molar-refractivity contribution in [1.29, 1.82) is 0 Å². The molecule has 3 aliphatic heterocycles. The largest absolute Gasteiger partial charge is 0.489 e. The summed E-state index contributed by atoms with van der Waals surface area (Å²) in [5, 5.41) is 3.68. The zero-order valence-corrected chi connectivity index (χ0v) is 13.7. The van der Waals surface area contributed by atoms with Crippen molar-refractivity contribution in [2.75, 3.05) is 44.7 Å². The van der Waals surface area contributed by atoms with E-state index < -0.39 is 0 Å². The van der Waals surface area contributed by atoms with E-state index in [0.29, 0.717) is 12.1 Å². The van der Waals surface area contributed by atoms with Crippen LogP contribution >= 0.6 is 0 Å². The summed E-state index contributed by atoms with van der Waals surface area (Å²) in [6.07, 6.45) is 2.55. The van der Waals surface area contributed by atoms with Crippen LogP contribution in [0.2, 0.25) is 0 Å². The Bertz CT molecular complexity index is 539. The molecule has 1 aromatic rings. The number of likely N-dealkylation sites (N-methyl/N-ethyl adjacent to an activating group) is 1. The highest BCUT2D eigenvalue weighted by atomic mass is 16.5. The van der Waals surface area contributed by atoms with Crippen LogP contribution in [0.4, 0.5) is 5.69 Å². The lowest BCUT2D eigenvalue weighted by Crippen LogP contribution is -2.56. The van der Waals surface area contributed by atoms with Crippen LogP contribution in [-0.4, -0.2) is 50.8 Å². The topological polar surface area (TPSA) is 27.7 Å². The van der Waals surface area contributed by atoms with Gasteiger partial charge in [-0.15, -0.1) is 0 Å². The monoisotopic (exact) mass is 301 g/mol. The summed E-state index contributed by atoms with van der Waals surface area (Å²) in [5.41, 5.74) is 2.68. The Morgan fingerprint density at radius 3 is 2.95 bits per heavy atom. The third-order valence-electron chi connectivity index (χ3n) is 5.47. The van der Waals surface area contributed by atoms with Gasteiger partial charge in [0.15, 0.2) is 0 Å². The summed E-state index contributed by atoms with van der Waals surface area (Å²) < 4.78 is 6.10. The van der Waals surface area contributed by atoms with E-state index in [1.54, 1.807) is 0 Å². The lowest BCUT2D eigenvalue weighted by atomic mass is 9.91. The molecule has 120 valence electrons. The van der Waals surface area contributed by atoms with E-state index >= 15 is 0 Å². The molecule has 2 unspecified atom stereocenters. The molecule has 4 nitrogen and oxygen atoms in total. The molecule has 0 radical (unpaired) electrons. The van der Waals surface area contributed by atoms with Gasteiger partial charge in [-0.3, -0.25) is 0 Å². The molecule has 3 heterocycles. The Hall–Kier alpha value is -1.26. The van der Waals surface area contributed by atoms with Gasteiger partial charge in [-0.1, -0.05) is 13.0 Å². The van der Waals surface area contributed by atoms with Crippen molar-refractivity contribution in [2.45, 2.75) is 31.8 Å². The van der Waals surface area contributed by atoms with Crippen LogP contribution in [0.25, 0.3) is 0 Å². The van der Waals surface area contributed by atoms with Crippen LogP contribution in [0.1, 0.15) is 31.4 Å². The number of anilines is 1. The Kier molecular flexibility index (Phi) is 3.74. The van der Waals surface area contributed by atoms with E-state index in [4.69, 9.17) is 4.74 Å². The van der Waals surface area contributed by atoms with E-state index in [2.05, 4.69) is 47.3 Å². The lowest BCUT2D eigenvalue weighted by Gasteiger charge is -2.44. The fraction of sp³-hybridized carbons (Fsp3) is 0.667. The summed E-state index contributed by atoms with van der Waals surface area (Å²) >= 11 is 0. The molecule has 4 rings (SSSR count). The van der Waals surface area contributed by atoms with E-state index in [0.717, 1.165) is 44.5 Å². The molecule has 3 aliphatic rings. The first-order chi connectivity index (χ1) is 10.7. The Morgan fingerprint density at radius 2 is 2.14 bits per heavy atom. The Balaban J connectivity index is 1.55. The quantitative estimate of drug-likeness (QED) is 0.861. The van der Waals surface area contributed by atoms with Gasteiger partial charge < -0.3 is 19.9 Å². The Morgan fingerprint density at radius 1 is 1.23 bits per heavy atom. The number of ether oxygens (including phenoxy) is 1. The smallest absolute Gasteiger partial charge is 0.143 e.